The summed E-state index contributed by atoms with van der Waals surface area (Å²) in [6, 6.07) is 17.1. The van der Waals surface area contributed by atoms with Gasteiger partial charge in [0.2, 0.25) is 11.8 Å². The molecule has 10 heteroatoms. The van der Waals surface area contributed by atoms with Crippen molar-refractivity contribution < 1.29 is 13.9 Å². The van der Waals surface area contributed by atoms with Crippen LogP contribution in [-0.4, -0.2) is 48.4 Å². The van der Waals surface area contributed by atoms with Gasteiger partial charge in [-0.3, -0.25) is 4.79 Å². The largest absolute Gasteiger partial charge is 0.475 e. The molecule has 0 atom stereocenters. The number of para-hydroxylation sites is 2. The molecule has 0 saturated carbocycles. The summed E-state index contributed by atoms with van der Waals surface area (Å²) in [6.45, 7) is 0.707. The Morgan fingerprint density at radius 3 is 2.88 bits per heavy atom. The van der Waals surface area contributed by atoms with Crippen molar-refractivity contribution in [2.45, 2.75) is 6.54 Å². The number of halogens is 1. The van der Waals surface area contributed by atoms with E-state index in [9.17, 15) is 9.18 Å². The molecule has 160 valence electrons. The Balaban J connectivity index is 1.19. The van der Waals surface area contributed by atoms with Gasteiger partial charge in [0.05, 0.1) is 23.9 Å². The molecule has 0 fully saturated rings. The lowest BCUT2D eigenvalue weighted by atomic mass is 10.2. The van der Waals surface area contributed by atoms with Crippen molar-refractivity contribution in [2.75, 3.05) is 13.2 Å². The van der Waals surface area contributed by atoms with Crippen molar-refractivity contribution in [3.8, 4) is 17.3 Å². The van der Waals surface area contributed by atoms with Crippen LogP contribution in [0.3, 0.4) is 0 Å². The molecule has 0 radical (unpaired) electrons. The van der Waals surface area contributed by atoms with Crippen LogP contribution in [0.4, 0.5) is 4.39 Å². The summed E-state index contributed by atoms with van der Waals surface area (Å²) in [4.78, 5) is 16.5. The predicted octanol–water partition coefficient (Wildman–Crippen LogP) is 2.48. The molecule has 0 unspecified atom stereocenters. The number of carbonyl (C=O) groups is 1. The van der Waals surface area contributed by atoms with Crippen molar-refractivity contribution in [3.63, 3.8) is 0 Å². The van der Waals surface area contributed by atoms with E-state index in [1.807, 2.05) is 24.3 Å². The molecule has 1 amide bonds. The number of fused-ring (bicyclic) bond motifs is 2. The number of hydrogen-bond acceptors (Lipinski definition) is 6. The molecular weight excluding hydrogens is 413 g/mol. The minimum absolute atomic E-state index is 0.146. The standard InChI is InChI=1S/C22H18FN7O2/c23-16-5-3-4-15(12-16)22-27-26-19-8-9-21(28-30(19)22)32-11-10-24-20(31)13-29-14-25-17-6-1-2-7-18(17)29/h1-9,12,14H,10-11,13H2,(H,24,31). The molecule has 0 saturated heterocycles. The number of hydrogen-bond donors (Lipinski definition) is 1. The zero-order chi connectivity index (χ0) is 21.9. The molecule has 9 nitrogen and oxygen atoms in total. The average Bonchev–Trinajstić information content (AvgIpc) is 3.41. The SMILES string of the molecule is O=C(Cn1cnc2ccccc21)NCCOc1ccc2nnc(-c3cccc(F)c3)n2n1. The molecule has 3 aromatic heterocycles. The van der Waals surface area contributed by atoms with Gasteiger partial charge in [-0.05, 0) is 30.3 Å². The molecule has 5 rings (SSSR count). The third-order valence-corrected chi connectivity index (χ3v) is 4.84. The summed E-state index contributed by atoms with van der Waals surface area (Å²) in [5.41, 5.74) is 2.81. The topological polar surface area (TPSA) is 99.2 Å². The molecule has 0 aliphatic rings. The number of ether oxygens (including phenoxy) is 1. The second-order valence-corrected chi connectivity index (χ2v) is 7.04. The van der Waals surface area contributed by atoms with Crippen LogP contribution in [0.15, 0.2) is 67.0 Å². The van der Waals surface area contributed by atoms with Gasteiger partial charge >= 0.3 is 0 Å². The fourth-order valence-corrected chi connectivity index (χ4v) is 3.35. The number of amides is 1. The minimum Gasteiger partial charge on any atom is -0.475 e. The predicted molar refractivity (Wildman–Crippen MR) is 114 cm³/mol. The molecule has 1 N–H and O–H groups in total. The Hall–Kier alpha value is -4.34. The number of rotatable bonds is 7. The maximum Gasteiger partial charge on any atom is 0.240 e. The first kappa shape index (κ1) is 19.6. The number of imidazole rings is 1. The zero-order valence-corrected chi connectivity index (χ0v) is 16.8. The third kappa shape index (κ3) is 3.97. The van der Waals surface area contributed by atoms with Crippen molar-refractivity contribution in [2.24, 2.45) is 0 Å². The summed E-state index contributed by atoms with van der Waals surface area (Å²) in [5.74, 6) is 0.231. The van der Waals surface area contributed by atoms with Crippen molar-refractivity contribution >= 4 is 22.6 Å². The van der Waals surface area contributed by atoms with E-state index in [4.69, 9.17) is 4.74 Å². The molecule has 0 bridgehead atoms. The second-order valence-electron chi connectivity index (χ2n) is 7.04. The highest BCUT2D eigenvalue weighted by atomic mass is 19.1. The summed E-state index contributed by atoms with van der Waals surface area (Å²) in [6.07, 6.45) is 1.65. The van der Waals surface area contributed by atoms with Crippen molar-refractivity contribution in [3.05, 3.63) is 72.8 Å². The van der Waals surface area contributed by atoms with E-state index >= 15 is 0 Å². The van der Waals surface area contributed by atoms with Crippen LogP contribution in [0.2, 0.25) is 0 Å². The van der Waals surface area contributed by atoms with Crippen LogP contribution in [0.1, 0.15) is 0 Å². The first-order valence-electron chi connectivity index (χ1n) is 9.95. The number of benzene rings is 2. The Labute approximate surface area is 181 Å². The summed E-state index contributed by atoms with van der Waals surface area (Å²) >= 11 is 0. The van der Waals surface area contributed by atoms with Crippen molar-refractivity contribution in [1.29, 1.82) is 0 Å². The van der Waals surface area contributed by atoms with Crippen molar-refractivity contribution in [1.82, 2.24) is 34.7 Å². The first-order chi connectivity index (χ1) is 15.7. The van der Waals surface area contributed by atoms with Gasteiger partial charge in [0.1, 0.15) is 19.0 Å². The van der Waals surface area contributed by atoms with Gasteiger partial charge in [-0.2, -0.15) is 4.52 Å². The van der Waals surface area contributed by atoms with E-state index in [0.29, 0.717) is 29.5 Å². The van der Waals surface area contributed by atoms with E-state index < -0.39 is 0 Å². The molecule has 0 aliphatic heterocycles. The summed E-state index contributed by atoms with van der Waals surface area (Å²) in [7, 11) is 0. The fourth-order valence-electron chi connectivity index (χ4n) is 3.35. The van der Waals surface area contributed by atoms with E-state index in [2.05, 4.69) is 25.6 Å². The van der Waals surface area contributed by atoms with E-state index in [-0.39, 0.29) is 24.9 Å². The number of nitrogens with zero attached hydrogens (tertiary/aromatic N) is 6. The Kier molecular flexibility index (Phi) is 5.16. The Morgan fingerprint density at radius 1 is 1.06 bits per heavy atom. The number of nitrogens with one attached hydrogen (secondary N) is 1. The number of aromatic nitrogens is 6. The number of carbonyl (C=O) groups excluding carboxylic acids is 1. The molecule has 0 aliphatic carbocycles. The molecular formula is C22H18FN7O2. The molecule has 32 heavy (non-hydrogen) atoms. The average molecular weight is 431 g/mol. The van der Waals surface area contributed by atoms with Gasteiger partial charge in [-0.15, -0.1) is 15.3 Å². The Bertz CT molecular complexity index is 1410. The lowest BCUT2D eigenvalue weighted by Crippen LogP contribution is -2.31. The quantitative estimate of drug-likeness (QED) is 0.398. The van der Waals surface area contributed by atoms with Crippen LogP contribution in [0.5, 0.6) is 5.88 Å². The van der Waals surface area contributed by atoms with Crippen LogP contribution < -0.4 is 10.1 Å². The summed E-state index contributed by atoms with van der Waals surface area (Å²) in [5, 5.41) is 15.3. The van der Waals surface area contributed by atoms with Gasteiger partial charge in [-0.1, -0.05) is 24.3 Å². The van der Waals surface area contributed by atoms with Gasteiger partial charge in [0.25, 0.3) is 0 Å². The molecule has 5 aromatic rings. The monoisotopic (exact) mass is 431 g/mol. The lowest BCUT2D eigenvalue weighted by molar-refractivity contribution is -0.121. The van der Waals surface area contributed by atoms with Crippen LogP contribution in [0.25, 0.3) is 28.1 Å². The minimum atomic E-state index is -0.369. The van der Waals surface area contributed by atoms with E-state index in [1.54, 1.807) is 35.2 Å². The zero-order valence-electron chi connectivity index (χ0n) is 16.8. The van der Waals surface area contributed by atoms with Gasteiger partial charge < -0.3 is 14.6 Å². The Morgan fingerprint density at radius 2 is 1.97 bits per heavy atom. The first-order valence-corrected chi connectivity index (χ1v) is 9.95. The molecule has 2 aromatic carbocycles. The smallest absolute Gasteiger partial charge is 0.240 e. The van der Waals surface area contributed by atoms with Crippen LogP contribution in [-0.2, 0) is 11.3 Å². The highest BCUT2D eigenvalue weighted by Gasteiger charge is 2.11. The van der Waals surface area contributed by atoms with Gasteiger partial charge in [0, 0.05) is 11.6 Å². The highest BCUT2D eigenvalue weighted by molar-refractivity contribution is 5.80. The highest BCUT2D eigenvalue weighted by Crippen LogP contribution is 2.19. The molecule has 3 heterocycles. The van der Waals surface area contributed by atoms with Crippen LogP contribution in [0, 0.1) is 5.82 Å². The van der Waals surface area contributed by atoms with E-state index in [0.717, 1.165) is 11.0 Å². The maximum atomic E-state index is 13.6. The van der Waals surface area contributed by atoms with Gasteiger partial charge in [-0.25, -0.2) is 9.37 Å². The van der Waals surface area contributed by atoms with Crippen LogP contribution >= 0.6 is 0 Å². The van der Waals surface area contributed by atoms with Gasteiger partial charge in [0.15, 0.2) is 11.5 Å². The fraction of sp³-hybridized carbons (Fsp3) is 0.136. The molecule has 0 spiro atoms. The van der Waals surface area contributed by atoms with E-state index in [1.165, 1.54) is 16.6 Å². The summed E-state index contributed by atoms with van der Waals surface area (Å²) < 4.78 is 22.5. The normalized spacial score (nSPS) is 11.2. The maximum absolute atomic E-state index is 13.6. The lowest BCUT2D eigenvalue weighted by Gasteiger charge is -2.08. The second kappa shape index (κ2) is 8.42. The third-order valence-electron chi connectivity index (χ3n) is 4.84.